The summed E-state index contributed by atoms with van der Waals surface area (Å²) in [5.74, 6) is -0.162. The van der Waals surface area contributed by atoms with Crippen molar-refractivity contribution in [1.29, 1.82) is 0 Å². The second kappa shape index (κ2) is 7.34. The maximum atomic E-state index is 9.60. The van der Waals surface area contributed by atoms with E-state index in [1.165, 1.54) is 16.8 Å². The van der Waals surface area contributed by atoms with E-state index in [0.29, 0.717) is 5.56 Å². The van der Waals surface area contributed by atoms with E-state index < -0.39 is 0 Å². The van der Waals surface area contributed by atoms with Gasteiger partial charge in [-0.2, -0.15) is 0 Å². The first kappa shape index (κ1) is 15.6. The molecule has 0 bridgehead atoms. The lowest BCUT2D eigenvalue weighted by Crippen LogP contribution is -1.78. The standard InChI is InChI=1S/C12H10O2.C10H8/c13-11-8-4-7-10(12(11)14)9-5-2-1-3-6-9;1-2-6-10-8-4-3-7-9(10)5-1/h1-8,13-14H;1-8H. The Labute approximate surface area is 141 Å². The van der Waals surface area contributed by atoms with Crippen LogP contribution in [0.1, 0.15) is 0 Å². The zero-order chi connectivity index (χ0) is 16.8. The van der Waals surface area contributed by atoms with Crippen LogP contribution in [0.5, 0.6) is 11.5 Å². The first-order chi connectivity index (χ1) is 11.8. The highest BCUT2D eigenvalue weighted by Crippen LogP contribution is 2.35. The number of phenols is 2. The molecule has 0 aliphatic carbocycles. The van der Waals surface area contributed by atoms with Crippen LogP contribution in [0.15, 0.2) is 97.1 Å². The average molecular weight is 314 g/mol. The topological polar surface area (TPSA) is 40.5 Å². The Balaban J connectivity index is 0.000000149. The Kier molecular flexibility index (Phi) is 4.78. The summed E-state index contributed by atoms with van der Waals surface area (Å²) in [5, 5.41) is 21.5. The van der Waals surface area contributed by atoms with Crippen molar-refractivity contribution in [2.75, 3.05) is 0 Å². The lowest BCUT2D eigenvalue weighted by molar-refractivity contribution is 0.405. The molecule has 0 radical (unpaired) electrons. The van der Waals surface area contributed by atoms with Gasteiger partial charge in [0.1, 0.15) is 0 Å². The quantitative estimate of drug-likeness (QED) is 0.449. The van der Waals surface area contributed by atoms with E-state index in [0.717, 1.165) is 5.56 Å². The van der Waals surface area contributed by atoms with Gasteiger partial charge in [0.25, 0.3) is 0 Å². The third-order valence-electron chi connectivity index (χ3n) is 3.76. The van der Waals surface area contributed by atoms with Gasteiger partial charge >= 0.3 is 0 Å². The van der Waals surface area contributed by atoms with Crippen molar-refractivity contribution < 1.29 is 10.2 Å². The summed E-state index contributed by atoms with van der Waals surface area (Å²) in [6.45, 7) is 0. The minimum Gasteiger partial charge on any atom is -0.504 e. The molecule has 0 amide bonds. The molecule has 0 aromatic heterocycles. The lowest BCUT2D eigenvalue weighted by atomic mass is 10.0. The fraction of sp³-hybridized carbons (Fsp3) is 0. The zero-order valence-corrected chi connectivity index (χ0v) is 13.1. The zero-order valence-electron chi connectivity index (χ0n) is 13.1. The normalized spacial score (nSPS) is 10.0. The van der Waals surface area contributed by atoms with Gasteiger partial charge in [0.05, 0.1) is 0 Å². The molecule has 0 aliphatic heterocycles. The molecule has 118 valence electrons. The van der Waals surface area contributed by atoms with Crippen molar-refractivity contribution in [1.82, 2.24) is 0 Å². The van der Waals surface area contributed by atoms with Gasteiger partial charge in [-0.3, -0.25) is 0 Å². The minimum absolute atomic E-state index is 0.0706. The third kappa shape index (κ3) is 3.55. The summed E-state index contributed by atoms with van der Waals surface area (Å²) in [6.07, 6.45) is 0. The van der Waals surface area contributed by atoms with Crippen LogP contribution in [0.2, 0.25) is 0 Å². The van der Waals surface area contributed by atoms with E-state index >= 15 is 0 Å². The molecule has 4 aromatic carbocycles. The molecule has 4 rings (SSSR count). The Hall–Kier alpha value is -3.26. The fourth-order valence-electron chi connectivity index (χ4n) is 2.51. The predicted octanol–water partition coefficient (Wildman–Crippen LogP) is 5.60. The van der Waals surface area contributed by atoms with Crippen LogP contribution in [0.3, 0.4) is 0 Å². The first-order valence-corrected chi connectivity index (χ1v) is 7.76. The van der Waals surface area contributed by atoms with Crippen LogP contribution in [-0.4, -0.2) is 10.2 Å². The molecule has 0 saturated carbocycles. The van der Waals surface area contributed by atoms with Crippen molar-refractivity contribution in [3.8, 4) is 22.6 Å². The van der Waals surface area contributed by atoms with Crippen molar-refractivity contribution in [2.24, 2.45) is 0 Å². The second-order valence-electron chi connectivity index (χ2n) is 5.39. The van der Waals surface area contributed by atoms with Crippen LogP contribution in [0.4, 0.5) is 0 Å². The molecule has 0 aliphatic rings. The molecule has 2 nitrogen and oxygen atoms in total. The monoisotopic (exact) mass is 314 g/mol. The average Bonchev–Trinajstić information content (AvgIpc) is 2.65. The van der Waals surface area contributed by atoms with Gasteiger partial charge in [0.2, 0.25) is 0 Å². The predicted molar refractivity (Wildman–Crippen MR) is 99.2 cm³/mol. The number of benzene rings is 4. The number of hydrogen-bond donors (Lipinski definition) is 2. The second-order valence-corrected chi connectivity index (χ2v) is 5.39. The summed E-state index contributed by atoms with van der Waals surface area (Å²) in [6, 6.07) is 31.1. The van der Waals surface area contributed by atoms with E-state index in [1.807, 2.05) is 30.3 Å². The van der Waals surface area contributed by atoms with E-state index in [2.05, 4.69) is 48.5 Å². The summed E-state index contributed by atoms with van der Waals surface area (Å²) < 4.78 is 0. The van der Waals surface area contributed by atoms with E-state index in [1.54, 1.807) is 12.1 Å². The molecule has 0 atom stereocenters. The highest BCUT2D eigenvalue weighted by atomic mass is 16.3. The molecule has 0 fully saturated rings. The van der Waals surface area contributed by atoms with Crippen LogP contribution >= 0.6 is 0 Å². The van der Waals surface area contributed by atoms with Gasteiger partial charge in [-0.15, -0.1) is 0 Å². The summed E-state index contributed by atoms with van der Waals surface area (Å²) in [7, 11) is 0. The van der Waals surface area contributed by atoms with Gasteiger partial charge in [-0.05, 0) is 22.4 Å². The molecule has 0 saturated heterocycles. The smallest absolute Gasteiger partial charge is 0.165 e. The van der Waals surface area contributed by atoms with Gasteiger partial charge in [-0.1, -0.05) is 91.0 Å². The molecule has 2 N–H and O–H groups in total. The number of phenolic OH excluding ortho intramolecular Hbond substituents is 2. The Morgan fingerprint density at radius 2 is 0.958 bits per heavy atom. The largest absolute Gasteiger partial charge is 0.504 e. The van der Waals surface area contributed by atoms with Crippen molar-refractivity contribution in [3.05, 3.63) is 97.1 Å². The van der Waals surface area contributed by atoms with E-state index in [9.17, 15) is 10.2 Å². The Morgan fingerprint density at radius 3 is 1.50 bits per heavy atom. The van der Waals surface area contributed by atoms with Crippen molar-refractivity contribution in [3.63, 3.8) is 0 Å². The van der Waals surface area contributed by atoms with Gasteiger partial charge in [-0.25, -0.2) is 0 Å². The number of rotatable bonds is 1. The van der Waals surface area contributed by atoms with Gasteiger partial charge in [0.15, 0.2) is 11.5 Å². The molecule has 0 unspecified atom stereocenters. The van der Waals surface area contributed by atoms with Crippen molar-refractivity contribution >= 4 is 10.8 Å². The van der Waals surface area contributed by atoms with Crippen LogP contribution in [-0.2, 0) is 0 Å². The molecule has 0 spiro atoms. The maximum Gasteiger partial charge on any atom is 0.165 e. The SMILES string of the molecule is Oc1cccc(-c2ccccc2)c1O.c1ccc2ccccc2c1. The van der Waals surface area contributed by atoms with Crippen LogP contribution in [0.25, 0.3) is 21.9 Å². The molecular weight excluding hydrogens is 296 g/mol. The molecule has 0 heterocycles. The lowest BCUT2D eigenvalue weighted by Gasteiger charge is -2.05. The van der Waals surface area contributed by atoms with Gasteiger partial charge in [0, 0.05) is 5.56 Å². The number of para-hydroxylation sites is 1. The number of hydrogen-bond acceptors (Lipinski definition) is 2. The highest BCUT2D eigenvalue weighted by Gasteiger charge is 2.06. The molecule has 24 heavy (non-hydrogen) atoms. The minimum atomic E-state index is -0.0913. The van der Waals surface area contributed by atoms with Crippen LogP contribution in [0, 0.1) is 0 Å². The van der Waals surface area contributed by atoms with Gasteiger partial charge < -0.3 is 10.2 Å². The molecule has 2 heteroatoms. The third-order valence-corrected chi connectivity index (χ3v) is 3.76. The molecule has 4 aromatic rings. The summed E-state index contributed by atoms with van der Waals surface area (Å²) >= 11 is 0. The first-order valence-electron chi connectivity index (χ1n) is 7.76. The maximum absolute atomic E-state index is 9.60. The number of aromatic hydroxyl groups is 2. The molecular formula is C22H18O2. The summed E-state index contributed by atoms with van der Waals surface area (Å²) in [4.78, 5) is 0. The fourth-order valence-corrected chi connectivity index (χ4v) is 2.51. The van der Waals surface area contributed by atoms with E-state index in [-0.39, 0.29) is 11.5 Å². The van der Waals surface area contributed by atoms with Crippen LogP contribution < -0.4 is 0 Å². The van der Waals surface area contributed by atoms with Crippen molar-refractivity contribution in [2.45, 2.75) is 0 Å². The summed E-state index contributed by atoms with van der Waals surface area (Å²) in [5.41, 5.74) is 1.53. The Morgan fingerprint density at radius 1 is 0.458 bits per heavy atom. The van der Waals surface area contributed by atoms with E-state index in [4.69, 9.17) is 0 Å². The number of fused-ring (bicyclic) bond motifs is 1. The Bertz CT molecular complexity index is 865. The highest BCUT2D eigenvalue weighted by molar-refractivity contribution is 5.82.